The van der Waals surface area contributed by atoms with Crippen molar-refractivity contribution in [3.05, 3.63) is 33.8 Å². The van der Waals surface area contributed by atoms with Crippen LogP contribution >= 0.6 is 28.1 Å². The van der Waals surface area contributed by atoms with Crippen molar-refractivity contribution in [2.45, 2.75) is 0 Å². The first kappa shape index (κ1) is 9.42. The van der Waals surface area contributed by atoms with Gasteiger partial charge in [0, 0.05) is 18.6 Å². The summed E-state index contributed by atoms with van der Waals surface area (Å²) < 4.78 is 1.34. The second kappa shape index (κ2) is 3.93. The predicted molar refractivity (Wildman–Crippen MR) is 58.1 cm³/mol. The minimum atomic E-state index is 0.533. The Morgan fingerprint density at radius 3 is 2.57 bits per heavy atom. The van der Waals surface area contributed by atoms with E-state index in [-0.39, 0.29) is 0 Å². The first-order valence-corrected chi connectivity index (χ1v) is 5.00. The fourth-order valence-electron chi connectivity index (χ4n) is 0.914. The number of H-pyrrole nitrogens is 1. The minimum Gasteiger partial charge on any atom is -0.327 e. The normalized spacial score (nSPS) is 10.1. The number of rotatable bonds is 1. The SMILES string of the molecule is S=c1[nH]c(-c2ncccn2)ncc1Br. The molecule has 2 aromatic rings. The van der Waals surface area contributed by atoms with Gasteiger partial charge in [-0.05, 0) is 22.0 Å². The van der Waals surface area contributed by atoms with Gasteiger partial charge in [-0.1, -0.05) is 12.2 Å². The lowest BCUT2D eigenvalue weighted by Crippen LogP contribution is -1.94. The van der Waals surface area contributed by atoms with Gasteiger partial charge in [0.2, 0.25) is 0 Å². The van der Waals surface area contributed by atoms with E-state index in [1.165, 1.54) is 0 Å². The van der Waals surface area contributed by atoms with Crippen LogP contribution in [0.3, 0.4) is 0 Å². The van der Waals surface area contributed by atoms with Crippen molar-refractivity contribution >= 4 is 28.1 Å². The predicted octanol–water partition coefficient (Wildman–Crippen LogP) is 2.36. The third kappa shape index (κ3) is 1.85. The van der Waals surface area contributed by atoms with Crippen molar-refractivity contribution in [2.75, 3.05) is 0 Å². The Hall–Kier alpha value is -1.14. The van der Waals surface area contributed by atoms with Crippen LogP contribution in [0.4, 0.5) is 0 Å². The second-order valence-corrected chi connectivity index (χ2v) is 3.74. The summed E-state index contributed by atoms with van der Waals surface area (Å²) in [4.78, 5) is 15.1. The Labute approximate surface area is 93.6 Å². The highest BCUT2D eigenvalue weighted by Crippen LogP contribution is 2.12. The van der Waals surface area contributed by atoms with E-state index < -0.39 is 0 Å². The van der Waals surface area contributed by atoms with Gasteiger partial charge in [-0.3, -0.25) is 0 Å². The van der Waals surface area contributed by atoms with Gasteiger partial charge in [-0.15, -0.1) is 0 Å². The number of aromatic amines is 1. The first-order chi connectivity index (χ1) is 6.77. The van der Waals surface area contributed by atoms with Gasteiger partial charge >= 0.3 is 0 Å². The van der Waals surface area contributed by atoms with Crippen LogP contribution in [-0.4, -0.2) is 19.9 Å². The van der Waals surface area contributed by atoms with E-state index in [1.54, 1.807) is 24.7 Å². The fourth-order valence-corrected chi connectivity index (χ4v) is 1.27. The number of aromatic nitrogens is 4. The molecule has 0 radical (unpaired) electrons. The molecule has 0 aromatic carbocycles. The van der Waals surface area contributed by atoms with E-state index in [1.807, 2.05) is 0 Å². The van der Waals surface area contributed by atoms with Crippen LogP contribution in [0.5, 0.6) is 0 Å². The number of halogens is 1. The lowest BCUT2D eigenvalue weighted by Gasteiger charge is -1.98. The highest BCUT2D eigenvalue weighted by molar-refractivity contribution is 9.10. The van der Waals surface area contributed by atoms with E-state index in [0.29, 0.717) is 16.3 Å². The van der Waals surface area contributed by atoms with Crippen LogP contribution in [0.15, 0.2) is 29.1 Å². The lowest BCUT2D eigenvalue weighted by molar-refractivity contribution is 1.06. The third-order valence-corrected chi connectivity index (χ3v) is 2.72. The Kier molecular flexibility index (Phi) is 2.64. The molecule has 0 amide bonds. The number of hydrogen-bond donors (Lipinski definition) is 1. The lowest BCUT2D eigenvalue weighted by atomic mass is 10.5. The smallest absolute Gasteiger partial charge is 0.195 e. The molecule has 2 heterocycles. The molecule has 2 aromatic heterocycles. The molecule has 4 nitrogen and oxygen atoms in total. The van der Waals surface area contributed by atoms with Gasteiger partial charge in [-0.25, -0.2) is 15.0 Å². The Balaban J connectivity index is 2.54. The maximum Gasteiger partial charge on any atom is 0.195 e. The molecule has 0 bridgehead atoms. The minimum absolute atomic E-state index is 0.533. The molecule has 0 saturated heterocycles. The van der Waals surface area contributed by atoms with Crippen molar-refractivity contribution in [1.82, 2.24) is 19.9 Å². The summed E-state index contributed by atoms with van der Waals surface area (Å²) in [7, 11) is 0. The summed E-state index contributed by atoms with van der Waals surface area (Å²) in [5, 5.41) is 0. The maximum absolute atomic E-state index is 5.04. The largest absolute Gasteiger partial charge is 0.327 e. The zero-order valence-electron chi connectivity index (χ0n) is 6.94. The maximum atomic E-state index is 5.04. The van der Waals surface area contributed by atoms with Gasteiger partial charge in [-0.2, -0.15) is 0 Å². The van der Waals surface area contributed by atoms with Crippen molar-refractivity contribution in [1.29, 1.82) is 0 Å². The molecular weight excluding hydrogens is 264 g/mol. The van der Waals surface area contributed by atoms with Gasteiger partial charge in [0.05, 0.1) is 4.47 Å². The molecule has 0 unspecified atom stereocenters. The third-order valence-electron chi connectivity index (χ3n) is 1.53. The standard InChI is InChI=1S/C8H5BrN4S/c9-5-4-12-7(13-8(5)14)6-10-2-1-3-11-6/h1-4H,(H,12,13,14). The van der Waals surface area contributed by atoms with Gasteiger partial charge in [0.15, 0.2) is 11.6 Å². The van der Waals surface area contributed by atoms with Crippen LogP contribution in [0, 0.1) is 4.64 Å². The van der Waals surface area contributed by atoms with Crippen LogP contribution in [0.2, 0.25) is 0 Å². The molecule has 0 spiro atoms. The molecule has 0 aliphatic heterocycles. The Morgan fingerprint density at radius 1 is 1.21 bits per heavy atom. The molecular formula is C8H5BrN4S. The summed E-state index contributed by atoms with van der Waals surface area (Å²) in [6.07, 6.45) is 4.94. The molecule has 0 fully saturated rings. The summed E-state index contributed by atoms with van der Waals surface area (Å²) in [5.41, 5.74) is 0. The van der Waals surface area contributed by atoms with E-state index in [4.69, 9.17) is 12.2 Å². The van der Waals surface area contributed by atoms with Gasteiger partial charge in [0.1, 0.15) is 4.64 Å². The molecule has 0 aliphatic rings. The number of nitrogens with one attached hydrogen (secondary N) is 1. The monoisotopic (exact) mass is 268 g/mol. The number of hydrogen-bond acceptors (Lipinski definition) is 4. The highest BCUT2D eigenvalue weighted by atomic mass is 79.9. The zero-order chi connectivity index (χ0) is 9.97. The van der Waals surface area contributed by atoms with Crippen LogP contribution < -0.4 is 0 Å². The average molecular weight is 269 g/mol. The van der Waals surface area contributed by atoms with Gasteiger partial charge in [0.25, 0.3) is 0 Å². The van der Waals surface area contributed by atoms with Crippen molar-refractivity contribution in [3.63, 3.8) is 0 Å². The topological polar surface area (TPSA) is 54.5 Å². The molecule has 2 rings (SSSR count). The van der Waals surface area contributed by atoms with Gasteiger partial charge < -0.3 is 4.98 Å². The van der Waals surface area contributed by atoms with Crippen LogP contribution in [0.1, 0.15) is 0 Å². The van der Waals surface area contributed by atoms with E-state index in [0.717, 1.165) is 4.47 Å². The summed E-state index contributed by atoms with van der Waals surface area (Å²) >= 11 is 8.31. The molecule has 0 atom stereocenters. The van der Waals surface area contributed by atoms with E-state index in [2.05, 4.69) is 35.9 Å². The first-order valence-electron chi connectivity index (χ1n) is 3.79. The zero-order valence-corrected chi connectivity index (χ0v) is 9.34. The van der Waals surface area contributed by atoms with Crippen molar-refractivity contribution < 1.29 is 0 Å². The summed E-state index contributed by atoms with van der Waals surface area (Å²) in [6, 6.07) is 1.75. The molecule has 0 aliphatic carbocycles. The molecule has 1 N–H and O–H groups in total. The Morgan fingerprint density at radius 2 is 1.93 bits per heavy atom. The van der Waals surface area contributed by atoms with Crippen LogP contribution in [0.25, 0.3) is 11.6 Å². The quantitative estimate of drug-likeness (QED) is 0.807. The fraction of sp³-hybridized carbons (Fsp3) is 0. The van der Waals surface area contributed by atoms with E-state index in [9.17, 15) is 0 Å². The van der Waals surface area contributed by atoms with E-state index >= 15 is 0 Å². The molecule has 6 heteroatoms. The highest BCUT2D eigenvalue weighted by Gasteiger charge is 2.02. The second-order valence-electron chi connectivity index (χ2n) is 2.48. The van der Waals surface area contributed by atoms with Crippen molar-refractivity contribution in [2.24, 2.45) is 0 Å². The van der Waals surface area contributed by atoms with Crippen LogP contribution in [-0.2, 0) is 0 Å². The van der Waals surface area contributed by atoms with Crippen molar-refractivity contribution in [3.8, 4) is 11.6 Å². The molecule has 0 saturated carbocycles. The molecule has 70 valence electrons. The molecule has 14 heavy (non-hydrogen) atoms. The Bertz CT molecular complexity index is 496. The summed E-state index contributed by atoms with van der Waals surface area (Å²) in [6.45, 7) is 0. The number of nitrogens with zero attached hydrogens (tertiary/aromatic N) is 3. The summed E-state index contributed by atoms with van der Waals surface area (Å²) in [5.74, 6) is 1.10. The average Bonchev–Trinajstić information content (AvgIpc) is 2.23.